The molecule has 2 aromatic rings. The van der Waals surface area contributed by atoms with Crippen molar-refractivity contribution in [1.29, 1.82) is 0 Å². The predicted molar refractivity (Wildman–Crippen MR) is 101 cm³/mol. The number of nitrogens with zero attached hydrogens (tertiary/aromatic N) is 4. The highest BCUT2D eigenvalue weighted by atomic mass is 16.6. The van der Waals surface area contributed by atoms with Gasteiger partial charge in [-0.25, -0.2) is 4.98 Å². The van der Waals surface area contributed by atoms with Gasteiger partial charge in [0.25, 0.3) is 11.6 Å². The second kappa shape index (κ2) is 8.03. The average Bonchev–Trinajstić information content (AvgIpc) is 2.67. The molecule has 8 nitrogen and oxygen atoms in total. The number of anilines is 1. The first-order chi connectivity index (χ1) is 13.0. The number of carbonyl (C=O) groups excluding carboxylic acids is 1. The number of benzene rings is 1. The molecule has 0 unspecified atom stereocenters. The highest BCUT2D eigenvalue weighted by Crippen LogP contribution is 2.22. The topological polar surface area (TPSA) is 88.8 Å². The zero-order valence-electron chi connectivity index (χ0n) is 15.4. The summed E-state index contributed by atoms with van der Waals surface area (Å²) in [5, 5.41) is 10.7. The van der Waals surface area contributed by atoms with Gasteiger partial charge in [0, 0.05) is 32.2 Å². The molecule has 1 aromatic carbocycles. The Morgan fingerprint density at radius 3 is 2.37 bits per heavy atom. The lowest BCUT2D eigenvalue weighted by Crippen LogP contribution is -2.50. The van der Waals surface area contributed by atoms with Gasteiger partial charge in [-0.15, -0.1) is 0 Å². The van der Waals surface area contributed by atoms with E-state index in [4.69, 9.17) is 4.74 Å². The lowest BCUT2D eigenvalue weighted by atomic mass is 10.1. The average molecular weight is 370 g/mol. The molecule has 8 heteroatoms. The molecule has 1 fully saturated rings. The Labute approximate surface area is 157 Å². The number of pyridine rings is 1. The first-order valence-corrected chi connectivity index (χ1v) is 8.78. The van der Waals surface area contributed by atoms with Gasteiger partial charge in [-0.1, -0.05) is 18.2 Å². The van der Waals surface area contributed by atoms with Gasteiger partial charge in [0.15, 0.2) is 6.61 Å². The quantitative estimate of drug-likeness (QED) is 0.593. The Morgan fingerprint density at radius 1 is 1.15 bits per heavy atom. The maximum absolute atomic E-state index is 12.4. The van der Waals surface area contributed by atoms with E-state index >= 15 is 0 Å². The van der Waals surface area contributed by atoms with Crippen LogP contribution in [0.4, 0.5) is 11.5 Å². The van der Waals surface area contributed by atoms with Gasteiger partial charge in [0.2, 0.25) is 0 Å². The summed E-state index contributed by atoms with van der Waals surface area (Å²) < 4.78 is 5.75. The van der Waals surface area contributed by atoms with E-state index in [2.05, 4.69) is 4.98 Å². The van der Waals surface area contributed by atoms with Gasteiger partial charge in [-0.05, 0) is 31.0 Å². The molecule has 0 aliphatic carbocycles. The number of aryl methyl sites for hydroxylation is 2. The van der Waals surface area contributed by atoms with Gasteiger partial charge >= 0.3 is 0 Å². The van der Waals surface area contributed by atoms with Crippen LogP contribution in [0.3, 0.4) is 0 Å². The molecule has 0 radical (unpaired) electrons. The molecule has 1 saturated heterocycles. The normalized spacial score (nSPS) is 14.1. The minimum absolute atomic E-state index is 0.0154. The number of para-hydroxylation sites is 1. The number of nitro groups is 1. The van der Waals surface area contributed by atoms with Crippen molar-refractivity contribution < 1.29 is 14.5 Å². The Morgan fingerprint density at radius 2 is 1.81 bits per heavy atom. The van der Waals surface area contributed by atoms with E-state index in [-0.39, 0.29) is 18.2 Å². The Kier molecular flexibility index (Phi) is 5.54. The molecular formula is C19H22N4O4. The lowest BCUT2D eigenvalue weighted by Gasteiger charge is -2.35. The first kappa shape index (κ1) is 18.6. The van der Waals surface area contributed by atoms with Gasteiger partial charge in [0.1, 0.15) is 17.8 Å². The van der Waals surface area contributed by atoms with Crippen molar-refractivity contribution in [3.05, 3.63) is 57.8 Å². The Hall–Kier alpha value is -3.16. The fraction of sp³-hybridized carbons (Fsp3) is 0.368. The number of ether oxygens (including phenoxy) is 1. The number of hydrogen-bond donors (Lipinski definition) is 0. The van der Waals surface area contributed by atoms with E-state index in [0.717, 1.165) is 16.9 Å². The van der Waals surface area contributed by atoms with Crippen LogP contribution in [0, 0.1) is 24.0 Å². The van der Waals surface area contributed by atoms with Gasteiger partial charge in [0.05, 0.1) is 4.92 Å². The number of hydrogen-bond acceptors (Lipinski definition) is 6. The third-order valence-electron chi connectivity index (χ3n) is 4.65. The molecule has 3 rings (SSSR count). The number of aromatic nitrogens is 1. The summed E-state index contributed by atoms with van der Waals surface area (Å²) in [7, 11) is 0. The zero-order chi connectivity index (χ0) is 19.4. The lowest BCUT2D eigenvalue weighted by molar-refractivity contribution is -0.385. The molecule has 1 aliphatic heterocycles. The van der Waals surface area contributed by atoms with Crippen molar-refractivity contribution >= 4 is 17.4 Å². The van der Waals surface area contributed by atoms with E-state index in [9.17, 15) is 14.9 Å². The molecule has 1 aromatic heterocycles. The van der Waals surface area contributed by atoms with Crippen LogP contribution in [0.25, 0.3) is 0 Å². The number of amides is 1. The minimum Gasteiger partial charge on any atom is -0.483 e. The molecule has 0 spiro atoms. The molecule has 0 atom stereocenters. The van der Waals surface area contributed by atoms with Crippen molar-refractivity contribution in [1.82, 2.24) is 9.88 Å². The smallest absolute Gasteiger partial charge is 0.287 e. The second-order valence-corrected chi connectivity index (χ2v) is 6.51. The summed E-state index contributed by atoms with van der Waals surface area (Å²) >= 11 is 0. The molecule has 0 saturated carbocycles. The van der Waals surface area contributed by atoms with Crippen LogP contribution in [0.5, 0.6) is 5.75 Å². The maximum atomic E-state index is 12.4. The molecule has 0 N–H and O–H groups in total. The Balaban J connectivity index is 1.52. The third-order valence-corrected chi connectivity index (χ3v) is 4.65. The number of carbonyl (C=O) groups is 1. The van der Waals surface area contributed by atoms with E-state index in [1.165, 1.54) is 12.3 Å². The summed E-state index contributed by atoms with van der Waals surface area (Å²) in [6.07, 6.45) is 1.26. The molecule has 1 aliphatic rings. The van der Waals surface area contributed by atoms with Crippen LogP contribution in [0.15, 0.2) is 36.5 Å². The van der Waals surface area contributed by atoms with Crippen molar-refractivity contribution in [2.45, 2.75) is 13.8 Å². The summed E-state index contributed by atoms with van der Waals surface area (Å²) in [4.78, 5) is 30.6. The Bertz CT molecular complexity index is 810. The predicted octanol–water partition coefficient (Wildman–Crippen LogP) is 2.33. The summed E-state index contributed by atoms with van der Waals surface area (Å²) in [5.74, 6) is 1.40. The van der Waals surface area contributed by atoms with Crippen LogP contribution in [-0.2, 0) is 4.79 Å². The summed E-state index contributed by atoms with van der Waals surface area (Å²) in [6, 6.07) is 8.97. The third kappa shape index (κ3) is 4.33. The largest absolute Gasteiger partial charge is 0.483 e. The highest BCUT2D eigenvalue weighted by Gasteiger charge is 2.23. The molecule has 27 heavy (non-hydrogen) atoms. The molecule has 1 amide bonds. The highest BCUT2D eigenvalue weighted by molar-refractivity contribution is 5.78. The van der Waals surface area contributed by atoms with Crippen molar-refractivity contribution in [3.8, 4) is 5.75 Å². The van der Waals surface area contributed by atoms with Gasteiger partial charge in [-0.3, -0.25) is 14.9 Å². The minimum atomic E-state index is -0.469. The van der Waals surface area contributed by atoms with Crippen molar-refractivity contribution in [3.63, 3.8) is 0 Å². The summed E-state index contributed by atoms with van der Waals surface area (Å²) in [6.45, 7) is 6.31. The first-order valence-electron chi connectivity index (χ1n) is 8.78. The van der Waals surface area contributed by atoms with Crippen LogP contribution in [-0.4, -0.2) is 53.5 Å². The van der Waals surface area contributed by atoms with Gasteiger partial charge < -0.3 is 14.5 Å². The molecule has 142 valence electrons. The molecule has 0 bridgehead atoms. The molecule has 2 heterocycles. The number of piperazine rings is 1. The monoisotopic (exact) mass is 370 g/mol. The van der Waals surface area contributed by atoms with E-state index in [0.29, 0.717) is 32.0 Å². The van der Waals surface area contributed by atoms with Crippen molar-refractivity contribution in [2.24, 2.45) is 0 Å². The maximum Gasteiger partial charge on any atom is 0.287 e. The van der Waals surface area contributed by atoms with Crippen molar-refractivity contribution in [2.75, 3.05) is 37.7 Å². The molecular weight excluding hydrogens is 348 g/mol. The van der Waals surface area contributed by atoms with Crippen LogP contribution < -0.4 is 9.64 Å². The zero-order valence-corrected chi connectivity index (χ0v) is 15.4. The fourth-order valence-corrected chi connectivity index (χ4v) is 3.11. The summed E-state index contributed by atoms with van der Waals surface area (Å²) in [5.41, 5.74) is 1.99. The van der Waals surface area contributed by atoms with Gasteiger partial charge in [-0.2, -0.15) is 0 Å². The van der Waals surface area contributed by atoms with Crippen LogP contribution in [0.2, 0.25) is 0 Å². The van der Waals surface area contributed by atoms with E-state index < -0.39 is 4.92 Å². The number of rotatable bonds is 5. The van der Waals surface area contributed by atoms with E-state index in [1.807, 2.05) is 36.9 Å². The van der Waals surface area contributed by atoms with Crippen LogP contribution >= 0.6 is 0 Å². The van der Waals surface area contributed by atoms with Crippen LogP contribution in [0.1, 0.15) is 11.1 Å². The second-order valence-electron chi connectivity index (χ2n) is 6.51. The SMILES string of the molecule is Cc1cccc(C)c1OCC(=O)N1CCN(c2ccc([N+](=O)[O-])cn2)CC1. The standard InChI is InChI=1S/C19H22N4O4/c1-14-4-3-5-15(2)19(14)27-13-18(24)22-10-8-21(9-11-22)17-7-6-16(12-20-17)23(25)26/h3-7,12H,8-11,13H2,1-2H3. The fourth-order valence-electron chi connectivity index (χ4n) is 3.11. The van der Waals surface area contributed by atoms with E-state index in [1.54, 1.807) is 11.0 Å².